The Bertz CT molecular complexity index is 691. The Hall–Kier alpha value is -1.99. The molecule has 0 saturated carbocycles. The van der Waals surface area contributed by atoms with E-state index in [0.29, 0.717) is 12.1 Å². The van der Waals surface area contributed by atoms with Crippen LogP contribution in [0.1, 0.15) is 31.2 Å². The van der Waals surface area contributed by atoms with Gasteiger partial charge in [-0.3, -0.25) is 19.4 Å². The molecule has 154 valence electrons. The van der Waals surface area contributed by atoms with Gasteiger partial charge in [-0.1, -0.05) is 18.2 Å². The van der Waals surface area contributed by atoms with Crippen LogP contribution in [0.2, 0.25) is 0 Å². The minimum absolute atomic E-state index is 0.0103. The number of carbonyl (C=O) groups excluding carboxylic acids is 2. The number of likely N-dealkylation sites (N-methyl/N-ethyl adjacent to an activating group) is 1. The van der Waals surface area contributed by atoms with Crippen molar-refractivity contribution in [3.63, 3.8) is 0 Å². The first-order valence-electron chi connectivity index (χ1n) is 10.2. The monoisotopic (exact) mass is 390 g/mol. The number of amides is 2. The average molecular weight is 391 g/mol. The zero-order valence-corrected chi connectivity index (χ0v) is 16.6. The molecular weight excluding hydrogens is 359 g/mol. The molecule has 3 rings (SSSR count). The highest BCUT2D eigenvalue weighted by Gasteiger charge is 2.32. The second-order valence-corrected chi connectivity index (χ2v) is 8.09. The van der Waals surface area contributed by atoms with Gasteiger partial charge in [0.15, 0.2) is 0 Å². The third-order valence-corrected chi connectivity index (χ3v) is 6.04. The van der Waals surface area contributed by atoms with Crippen molar-refractivity contribution in [2.24, 2.45) is 11.7 Å². The number of benzene rings is 1. The van der Waals surface area contributed by atoms with Crippen LogP contribution in [0, 0.1) is 11.7 Å². The number of halogens is 1. The van der Waals surface area contributed by atoms with Gasteiger partial charge < -0.3 is 10.6 Å². The van der Waals surface area contributed by atoms with Crippen molar-refractivity contribution < 1.29 is 14.0 Å². The molecule has 0 aromatic heterocycles. The maximum atomic E-state index is 14.0. The molecule has 6 nitrogen and oxygen atoms in total. The first kappa shape index (κ1) is 20.7. The fraction of sp³-hybridized carbons (Fsp3) is 0.619. The zero-order chi connectivity index (χ0) is 20.1. The van der Waals surface area contributed by atoms with E-state index in [0.717, 1.165) is 51.9 Å². The number of nitrogens with two attached hydrogens (primary N) is 1. The lowest BCUT2D eigenvalue weighted by atomic mass is 9.93. The topological polar surface area (TPSA) is 69.9 Å². The quantitative estimate of drug-likeness (QED) is 0.798. The summed E-state index contributed by atoms with van der Waals surface area (Å²) in [6.45, 7) is 4.02. The van der Waals surface area contributed by atoms with Crippen LogP contribution in [0.15, 0.2) is 24.3 Å². The van der Waals surface area contributed by atoms with Gasteiger partial charge in [0.1, 0.15) is 5.82 Å². The molecular formula is C21H31FN4O2. The highest BCUT2D eigenvalue weighted by molar-refractivity contribution is 5.79. The summed E-state index contributed by atoms with van der Waals surface area (Å²) in [7, 11) is 1.90. The van der Waals surface area contributed by atoms with Crippen molar-refractivity contribution in [2.45, 2.75) is 38.3 Å². The lowest BCUT2D eigenvalue weighted by molar-refractivity contribution is -0.139. The second-order valence-electron chi connectivity index (χ2n) is 8.09. The Morgan fingerprint density at radius 2 is 1.86 bits per heavy atom. The predicted molar refractivity (Wildman–Crippen MR) is 106 cm³/mol. The molecule has 0 radical (unpaired) electrons. The van der Waals surface area contributed by atoms with Crippen LogP contribution in [0.3, 0.4) is 0 Å². The number of rotatable bonds is 6. The molecule has 1 atom stereocenters. The molecule has 2 aliphatic heterocycles. The van der Waals surface area contributed by atoms with E-state index in [1.807, 2.05) is 29.0 Å². The maximum absolute atomic E-state index is 14.0. The molecule has 0 aliphatic carbocycles. The van der Waals surface area contributed by atoms with Gasteiger partial charge in [0.05, 0.1) is 6.54 Å². The Kier molecular flexibility index (Phi) is 7.02. The van der Waals surface area contributed by atoms with Gasteiger partial charge in [-0.25, -0.2) is 4.39 Å². The third-order valence-electron chi connectivity index (χ3n) is 6.04. The molecule has 1 aromatic rings. The largest absolute Gasteiger partial charge is 0.369 e. The van der Waals surface area contributed by atoms with Gasteiger partial charge in [-0.2, -0.15) is 0 Å². The second kappa shape index (κ2) is 9.47. The Morgan fingerprint density at radius 3 is 2.54 bits per heavy atom. The highest BCUT2D eigenvalue weighted by Crippen LogP contribution is 2.23. The van der Waals surface area contributed by atoms with Gasteiger partial charge in [-0.15, -0.1) is 0 Å². The van der Waals surface area contributed by atoms with Crippen molar-refractivity contribution in [1.29, 1.82) is 0 Å². The predicted octanol–water partition coefficient (Wildman–Crippen LogP) is 1.45. The van der Waals surface area contributed by atoms with E-state index >= 15 is 0 Å². The third kappa shape index (κ3) is 5.29. The van der Waals surface area contributed by atoms with Crippen LogP contribution in [-0.2, 0) is 16.1 Å². The van der Waals surface area contributed by atoms with Crippen molar-refractivity contribution in [3.8, 4) is 0 Å². The van der Waals surface area contributed by atoms with Gasteiger partial charge in [0.2, 0.25) is 11.8 Å². The number of hydrogen-bond donors (Lipinski definition) is 1. The fourth-order valence-corrected chi connectivity index (χ4v) is 4.38. The molecule has 2 saturated heterocycles. The summed E-state index contributed by atoms with van der Waals surface area (Å²) in [5.41, 5.74) is 5.96. The van der Waals surface area contributed by atoms with Gasteiger partial charge in [0, 0.05) is 37.7 Å². The molecule has 2 N–H and O–H groups in total. The lowest BCUT2D eigenvalue weighted by Gasteiger charge is -2.40. The van der Waals surface area contributed by atoms with Crippen LogP contribution in [-0.4, -0.2) is 72.3 Å². The highest BCUT2D eigenvalue weighted by atomic mass is 19.1. The average Bonchev–Trinajstić information content (AvgIpc) is 2.69. The van der Waals surface area contributed by atoms with Crippen molar-refractivity contribution >= 4 is 11.8 Å². The number of piperidine rings is 2. The van der Waals surface area contributed by atoms with E-state index < -0.39 is 0 Å². The summed E-state index contributed by atoms with van der Waals surface area (Å²) in [6.07, 6.45) is 3.52. The fourth-order valence-electron chi connectivity index (χ4n) is 4.38. The number of nitrogens with zero attached hydrogens (tertiary/aromatic N) is 3. The normalized spacial score (nSPS) is 22.1. The standard InChI is InChI=1S/C21H31FN4O2/c1-24(21(28)16-8-11-25(12-9-16)15-20(23)27)18-6-4-10-26(14-18)13-17-5-2-3-7-19(17)22/h2-3,5,7,16,18H,4,6,8-15H2,1H3,(H2,23,27)/t18-/m0/s1. The Morgan fingerprint density at radius 1 is 1.14 bits per heavy atom. The zero-order valence-electron chi connectivity index (χ0n) is 16.6. The minimum Gasteiger partial charge on any atom is -0.369 e. The van der Waals surface area contributed by atoms with Crippen molar-refractivity contribution in [1.82, 2.24) is 14.7 Å². The number of likely N-dealkylation sites (tertiary alicyclic amines) is 2. The van der Waals surface area contributed by atoms with Crippen molar-refractivity contribution in [3.05, 3.63) is 35.6 Å². The van der Waals surface area contributed by atoms with E-state index in [1.165, 1.54) is 6.07 Å². The molecule has 2 heterocycles. The lowest BCUT2D eigenvalue weighted by Crippen LogP contribution is -2.51. The van der Waals surface area contributed by atoms with E-state index in [2.05, 4.69) is 4.90 Å². The molecule has 2 amide bonds. The van der Waals surface area contributed by atoms with E-state index in [1.54, 1.807) is 6.07 Å². The summed E-state index contributed by atoms with van der Waals surface area (Å²) in [5.74, 6) is -0.289. The summed E-state index contributed by atoms with van der Waals surface area (Å²) in [5, 5.41) is 0. The molecule has 7 heteroatoms. The smallest absolute Gasteiger partial charge is 0.231 e. The molecule has 2 fully saturated rings. The van der Waals surface area contributed by atoms with Crippen LogP contribution >= 0.6 is 0 Å². The number of hydrogen-bond acceptors (Lipinski definition) is 4. The molecule has 0 spiro atoms. The first-order chi connectivity index (χ1) is 13.4. The van der Waals surface area contributed by atoms with Gasteiger partial charge in [-0.05, 0) is 51.4 Å². The molecule has 1 aromatic carbocycles. The van der Waals surface area contributed by atoms with Crippen LogP contribution in [0.25, 0.3) is 0 Å². The SMILES string of the molecule is CN(C(=O)C1CCN(CC(N)=O)CC1)[C@H]1CCCN(Cc2ccccc2F)C1. The molecule has 28 heavy (non-hydrogen) atoms. The van der Waals surface area contributed by atoms with Crippen LogP contribution in [0.5, 0.6) is 0 Å². The summed E-state index contributed by atoms with van der Waals surface area (Å²) >= 11 is 0. The van der Waals surface area contributed by atoms with Gasteiger partial charge >= 0.3 is 0 Å². The molecule has 0 bridgehead atoms. The van der Waals surface area contributed by atoms with Crippen LogP contribution in [0.4, 0.5) is 4.39 Å². The molecule has 2 aliphatic rings. The van der Waals surface area contributed by atoms with E-state index in [-0.39, 0.29) is 36.1 Å². The van der Waals surface area contributed by atoms with E-state index in [9.17, 15) is 14.0 Å². The van der Waals surface area contributed by atoms with E-state index in [4.69, 9.17) is 5.73 Å². The molecule has 0 unspecified atom stereocenters. The Labute approximate surface area is 166 Å². The number of primary amides is 1. The summed E-state index contributed by atoms with van der Waals surface area (Å²) in [6, 6.07) is 7.06. The van der Waals surface area contributed by atoms with Gasteiger partial charge in [0.25, 0.3) is 0 Å². The maximum Gasteiger partial charge on any atom is 0.231 e. The Balaban J connectivity index is 1.52. The van der Waals surface area contributed by atoms with Crippen LogP contribution < -0.4 is 5.73 Å². The first-order valence-corrected chi connectivity index (χ1v) is 10.2. The summed E-state index contributed by atoms with van der Waals surface area (Å²) in [4.78, 5) is 30.2. The minimum atomic E-state index is -0.320. The van der Waals surface area contributed by atoms with Crippen molar-refractivity contribution in [2.75, 3.05) is 39.8 Å². The summed E-state index contributed by atoms with van der Waals surface area (Å²) < 4.78 is 14.0. The number of carbonyl (C=O) groups is 2.